The molecule has 0 unspecified atom stereocenters. The van der Waals surface area contributed by atoms with Crippen molar-refractivity contribution in [1.29, 1.82) is 0 Å². The maximum Gasteiger partial charge on any atom is 0.292 e. The molecule has 1 fully saturated rings. The lowest BCUT2D eigenvalue weighted by Crippen LogP contribution is -2.39. The Kier molecular flexibility index (Phi) is 2.11. The highest BCUT2D eigenvalue weighted by atomic mass is 79.9. The molecule has 3 rings (SSSR count). The van der Waals surface area contributed by atoms with Crippen molar-refractivity contribution >= 4 is 27.5 Å². The molecule has 2 aliphatic rings. The Labute approximate surface area is 101 Å². The van der Waals surface area contributed by atoms with Crippen LogP contribution < -0.4 is 4.90 Å². The molecule has 1 aromatic carbocycles. The first-order chi connectivity index (χ1) is 7.67. The van der Waals surface area contributed by atoms with Gasteiger partial charge in [-0.05, 0) is 12.1 Å². The summed E-state index contributed by atoms with van der Waals surface area (Å²) in [7, 11) is 1.73. The highest BCUT2D eigenvalue weighted by Gasteiger charge is 2.56. The number of nitrogens with zero attached hydrogens (tertiary/aromatic N) is 1. The van der Waals surface area contributed by atoms with Crippen LogP contribution in [0.2, 0.25) is 0 Å². The molecule has 16 heavy (non-hydrogen) atoms. The van der Waals surface area contributed by atoms with E-state index in [0.29, 0.717) is 13.2 Å². The van der Waals surface area contributed by atoms with Crippen LogP contribution in [0, 0.1) is 0 Å². The van der Waals surface area contributed by atoms with Crippen molar-refractivity contribution < 1.29 is 14.3 Å². The van der Waals surface area contributed by atoms with Gasteiger partial charge in [-0.25, -0.2) is 0 Å². The molecule has 1 aromatic rings. The van der Waals surface area contributed by atoms with Crippen molar-refractivity contribution in [1.82, 2.24) is 0 Å². The molecule has 0 aliphatic carbocycles. The Morgan fingerprint density at radius 3 is 2.75 bits per heavy atom. The first kappa shape index (κ1) is 10.3. The lowest BCUT2D eigenvalue weighted by molar-refractivity contribution is -0.180. The highest BCUT2D eigenvalue weighted by molar-refractivity contribution is 9.10. The summed E-state index contributed by atoms with van der Waals surface area (Å²) >= 11 is 3.45. The summed E-state index contributed by atoms with van der Waals surface area (Å²) < 4.78 is 11.9. The predicted molar refractivity (Wildman–Crippen MR) is 61.1 cm³/mol. The third-order valence-corrected chi connectivity index (χ3v) is 3.62. The molecule has 2 aliphatic heterocycles. The van der Waals surface area contributed by atoms with Crippen LogP contribution in [0.25, 0.3) is 0 Å². The number of benzene rings is 1. The van der Waals surface area contributed by atoms with E-state index in [1.165, 1.54) is 0 Å². The van der Waals surface area contributed by atoms with Gasteiger partial charge in [0.2, 0.25) is 0 Å². The minimum Gasteiger partial charge on any atom is -0.336 e. The summed E-state index contributed by atoms with van der Waals surface area (Å²) in [5, 5.41) is 0. The van der Waals surface area contributed by atoms with Gasteiger partial charge in [0.05, 0.1) is 24.5 Å². The number of hydrogen-bond acceptors (Lipinski definition) is 3. The third-order valence-electron chi connectivity index (χ3n) is 2.96. The van der Waals surface area contributed by atoms with Gasteiger partial charge in [0, 0.05) is 11.5 Å². The van der Waals surface area contributed by atoms with Gasteiger partial charge in [-0.2, -0.15) is 0 Å². The van der Waals surface area contributed by atoms with Crippen LogP contribution in [0.5, 0.6) is 0 Å². The SMILES string of the molecule is CN1C(=O)C2(OCCO2)c2c(Br)cccc21. The number of amides is 1. The molecule has 0 aromatic heterocycles. The largest absolute Gasteiger partial charge is 0.336 e. The Hall–Kier alpha value is -0.910. The van der Waals surface area contributed by atoms with Crippen molar-refractivity contribution in [3.05, 3.63) is 28.2 Å². The van der Waals surface area contributed by atoms with Crippen molar-refractivity contribution in [2.45, 2.75) is 5.79 Å². The van der Waals surface area contributed by atoms with Gasteiger partial charge >= 0.3 is 0 Å². The van der Waals surface area contributed by atoms with E-state index in [2.05, 4.69) is 15.9 Å². The summed E-state index contributed by atoms with van der Waals surface area (Å²) in [6, 6.07) is 5.66. The van der Waals surface area contributed by atoms with E-state index in [4.69, 9.17) is 9.47 Å². The number of hydrogen-bond donors (Lipinski definition) is 0. The quantitative estimate of drug-likeness (QED) is 0.726. The van der Waals surface area contributed by atoms with Crippen molar-refractivity contribution in [2.24, 2.45) is 0 Å². The fraction of sp³-hybridized carbons (Fsp3) is 0.364. The van der Waals surface area contributed by atoms with Crippen molar-refractivity contribution in [2.75, 3.05) is 25.2 Å². The first-order valence-electron chi connectivity index (χ1n) is 5.02. The average molecular weight is 284 g/mol. The average Bonchev–Trinajstić information content (AvgIpc) is 2.83. The van der Waals surface area contributed by atoms with Crippen LogP contribution in [0.4, 0.5) is 5.69 Å². The van der Waals surface area contributed by atoms with Gasteiger partial charge in [0.1, 0.15) is 0 Å². The maximum atomic E-state index is 12.2. The zero-order chi connectivity index (χ0) is 11.3. The number of likely N-dealkylation sites (N-methyl/N-ethyl adjacent to an activating group) is 1. The van der Waals surface area contributed by atoms with Crippen LogP contribution in [0.15, 0.2) is 22.7 Å². The van der Waals surface area contributed by atoms with Crippen LogP contribution in [-0.2, 0) is 20.1 Å². The molecule has 0 atom stereocenters. The van der Waals surface area contributed by atoms with Crippen LogP contribution in [0.1, 0.15) is 5.56 Å². The minimum absolute atomic E-state index is 0.160. The number of fused-ring (bicyclic) bond motifs is 2. The smallest absolute Gasteiger partial charge is 0.292 e. The number of rotatable bonds is 0. The van der Waals surface area contributed by atoms with Crippen LogP contribution >= 0.6 is 15.9 Å². The van der Waals surface area contributed by atoms with Crippen molar-refractivity contribution in [3.63, 3.8) is 0 Å². The second-order valence-electron chi connectivity index (χ2n) is 3.81. The molecule has 0 N–H and O–H groups in total. The van der Waals surface area contributed by atoms with Gasteiger partial charge in [0.25, 0.3) is 11.7 Å². The Morgan fingerprint density at radius 1 is 1.38 bits per heavy atom. The number of anilines is 1. The molecule has 0 saturated carbocycles. The van der Waals surface area contributed by atoms with Gasteiger partial charge in [0.15, 0.2) is 0 Å². The van der Waals surface area contributed by atoms with E-state index in [9.17, 15) is 4.79 Å². The van der Waals surface area contributed by atoms with E-state index in [1.54, 1.807) is 11.9 Å². The van der Waals surface area contributed by atoms with Gasteiger partial charge in [-0.15, -0.1) is 0 Å². The molecule has 1 spiro atoms. The molecule has 1 amide bonds. The molecule has 84 valence electrons. The first-order valence-corrected chi connectivity index (χ1v) is 5.81. The maximum absolute atomic E-state index is 12.2. The zero-order valence-corrected chi connectivity index (χ0v) is 10.3. The predicted octanol–water partition coefficient (Wildman–Crippen LogP) is 1.63. The summed E-state index contributed by atoms with van der Waals surface area (Å²) in [5.41, 5.74) is 1.61. The van der Waals surface area contributed by atoms with E-state index < -0.39 is 5.79 Å². The van der Waals surface area contributed by atoms with Gasteiger partial charge in [-0.3, -0.25) is 4.79 Å². The molecule has 0 bridgehead atoms. The standard InChI is InChI=1S/C11H10BrNO3/c1-13-8-4-2-3-7(12)9(8)11(10(13)14)15-5-6-16-11/h2-4H,5-6H2,1H3. The molecule has 0 radical (unpaired) electrons. The van der Waals surface area contributed by atoms with Crippen molar-refractivity contribution in [3.8, 4) is 0 Å². The summed E-state index contributed by atoms with van der Waals surface area (Å²) in [6.07, 6.45) is 0. The van der Waals surface area contributed by atoms with E-state index in [-0.39, 0.29) is 5.91 Å². The minimum atomic E-state index is -1.22. The lowest BCUT2D eigenvalue weighted by atomic mass is 10.1. The van der Waals surface area contributed by atoms with Crippen LogP contribution in [-0.4, -0.2) is 26.2 Å². The van der Waals surface area contributed by atoms with E-state index in [1.807, 2.05) is 18.2 Å². The normalized spacial score (nSPS) is 21.9. The third kappa shape index (κ3) is 1.08. The molecule has 1 saturated heterocycles. The van der Waals surface area contributed by atoms with Gasteiger partial charge in [-0.1, -0.05) is 22.0 Å². The lowest BCUT2D eigenvalue weighted by Gasteiger charge is -2.20. The molecular formula is C11H10BrNO3. The summed E-state index contributed by atoms with van der Waals surface area (Å²) in [5.74, 6) is -1.38. The molecular weight excluding hydrogens is 274 g/mol. The number of ether oxygens (including phenoxy) is 2. The Balaban J connectivity index is 2.27. The zero-order valence-electron chi connectivity index (χ0n) is 8.70. The number of carbonyl (C=O) groups is 1. The number of carbonyl (C=O) groups excluding carboxylic acids is 1. The highest BCUT2D eigenvalue weighted by Crippen LogP contribution is 2.48. The molecule has 2 heterocycles. The summed E-state index contributed by atoms with van der Waals surface area (Å²) in [6.45, 7) is 0.890. The molecule has 4 nitrogen and oxygen atoms in total. The second-order valence-corrected chi connectivity index (χ2v) is 4.67. The second kappa shape index (κ2) is 3.29. The van der Waals surface area contributed by atoms with E-state index in [0.717, 1.165) is 15.7 Å². The summed E-state index contributed by atoms with van der Waals surface area (Å²) in [4.78, 5) is 13.8. The monoisotopic (exact) mass is 283 g/mol. The van der Waals surface area contributed by atoms with E-state index >= 15 is 0 Å². The van der Waals surface area contributed by atoms with Gasteiger partial charge < -0.3 is 14.4 Å². The number of halogens is 1. The Bertz CT molecular complexity index is 468. The fourth-order valence-electron chi connectivity index (χ4n) is 2.24. The topological polar surface area (TPSA) is 38.8 Å². The molecule has 5 heteroatoms. The Morgan fingerprint density at radius 2 is 2.06 bits per heavy atom. The fourth-order valence-corrected chi connectivity index (χ4v) is 2.85. The van der Waals surface area contributed by atoms with Crippen LogP contribution in [0.3, 0.4) is 0 Å².